The molecule has 0 aromatic carbocycles. The Bertz CT molecular complexity index is 462. The van der Waals surface area contributed by atoms with Crippen LogP contribution in [0.2, 0.25) is 0 Å². The van der Waals surface area contributed by atoms with Gasteiger partial charge >= 0.3 is 0 Å². The molecule has 0 saturated carbocycles. The number of aromatic nitrogens is 1. The molecular weight excluding hydrogens is 244 g/mol. The molecule has 0 fully saturated rings. The first kappa shape index (κ1) is 15.2. The fourth-order valence-corrected chi connectivity index (χ4v) is 1.63. The number of nitriles is 1. The van der Waals surface area contributed by atoms with Crippen molar-refractivity contribution in [3.8, 4) is 6.07 Å². The van der Waals surface area contributed by atoms with E-state index >= 15 is 0 Å². The lowest BCUT2D eigenvalue weighted by Gasteiger charge is -2.13. The van der Waals surface area contributed by atoms with Gasteiger partial charge in [-0.25, -0.2) is 0 Å². The summed E-state index contributed by atoms with van der Waals surface area (Å²) in [4.78, 5) is 11.7. The zero-order chi connectivity index (χ0) is 14.3. The number of hydrogen-bond donors (Lipinski definition) is 2. The molecule has 1 aromatic heterocycles. The van der Waals surface area contributed by atoms with Crippen LogP contribution in [0.25, 0.3) is 0 Å². The summed E-state index contributed by atoms with van der Waals surface area (Å²) in [5.41, 5.74) is 1.59. The number of ether oxygens (including phenoxy) is 1. The van der Waals surface area contributed by atoms with E-state index < -0.39 is 0 Å². The van der Waals surface area contributed by atoms with E-state index in [0.717, 1.165) is 5.56 Å². The summed E-state index contributed by atoms with van der Waals surface area (Å²) in [6.45, 7) is 3.36. The molecule has 1 amide bonds. The molecule has 104 valence electrons. The molecule has 1 unspecified atom stereocenters. The van der Waals surface area contributed by atoms with Gasteiger partial charge in [-0.3, -0.25) is 4.79 Å². The number of nitrogens with zero attached hydrogens (tertiary/aromatic N) is 2. The Kier molecular flexibility index (Phi) is 6.06. The summed E-state index contributed by atoms with van der Waals surface area (Å²) in [6, 6.07) is 3.62. The number of rotatable bonds is 7. The van der Waals surface area contributed by atoms with Gasteiger partial charge in [-0.2, -0.15) is 5.26 Å². The van der Waals surface area contributed by atoms with Crippen LogP contribution < -0.4 is 10.6 Å². The molecule has 0 aliphatic rings. The summed E-state index contributed by atoms with van der Waals surface area (Å²) in [5, 5.41) is 14.7. The minimum absolute atomic E-state index is 0.0616. The Hall–Kier alpha value is -1.84. The van der Waals surface area contributed by atoms with Crippen molar-refractivity contribution >= 4 is 5.91 Å². The third-order valence-electron chi connectivity index (χ3n) is 2.79. The normalized spacial score (nSPS) is 11.9. The van der Waals surface area contributed by atoms with Crippen molar-refractivity contribution in [2.45, 2.75) is 19.5 Å². The first-order valence-electron chi connectivity index (χ1n) is 6.14. The average Bonchev–Trinajstić information content (AvgIpc) is 2.76. The van der Waals surface area contributed by atoms with E-state index in [1.54, 1.807) is 18.6 Å². The van der Waals surface area contributed by atoms with Gasteiger partial charge in [0, 0.05) is 33.4 Å². The van der Waals surface area contributed by atoms with E-state index in [1.165, 1.54) is 0 Å². The lowest BCUT2D eigenvalue weighted by molar-refractivity contribution is -0.122. The number of carbonyl (C=O) groups excluding carboxylic acids is 1. The monoisotopic (exact) mass is 264 g/mol. The summed E-state index contributed by atoms with van der Waals surface area (Å²) >= 11 is 0. The predicted octanol–water partition coefficient (Wildman–Crippen LogP) is 0.137. The van der Waals surface area contributed by atoms with Gasteiger partial charge in [-0.1, -0.05) is 0 Å². The first-order chi connectivity index (χ1) is 9.08. The number of nitrogens with one attached hydrogen (secondary N) is 2. The van der Waals surface area contributed by atoms with E-state index in [4.69, 9.17) is 10.00 Å². The van der Waals surface area contributed by atoms with Crippen LogP contribution in [0.1, 0.15) is 18.2 Å². The SMILES string of the molecule is COCCNC(=O)C(C)NCc1cc(C#N)n(C)c1. The molecule has 2 N–H and O–H groups in total. The van der Waals surface area contributed by atoms with Crippen molar-refractivity contribution in [3.63, 3.8) is 0 Å². The molecule has 6 heteroatoms. The van der Waals surface area contributed by atoms with E-state index in [-0.39, 0.29) is 11.9 Å². The van der Waals surface area contributed by atoms with E-state index in [2.05, 4.69) is 16.7 Å². The van der Waals surface area contributed by atoms with Crippen LogP contribution in [0.3, 0.4) is 0 Å². The van der Waals surface area contributed by atoms with Crippen molar-refractivity contribution < 1.29 is 9.53 Å². The third-order valence-corrected chi connectivity index (χ3v) is 2.79. The molecule has 1 rings (SSSR count). The quantitative estimate of drug-likeness (QED) is 0.686. The number of carbonyl (C=O) groups is 1. The van der Waals surface area contributed by atoms with Crippen LogP contribution in [0, 0.1) is 11.3 Å². The van der Waals surface area contributed by atoms with Gasteiger partial charge in [0.2, 0.25) is 5.91 Å². The average molecular weight is 264 g/mol. The second kappa shape index (κ2) is 7.56. The van der Waals surface area contributed by atoms with Crippen molar-refractivity contribution in [2.24, 2.45) is 7.05 Å². The second-order valence-corrected chi connectivity index (χ2v) is 4.34. The second-order valence-electron chi connectivity index (χ2n) is 4.34. The van der Waals surface area contributed by atoms with Crippen molar-refractivity contribution in [1.82, 2.24) is 15.2 Å². The molecule has 0 radical (unpaired) electrons. The standard InChI is InChI=1S/C13H20N4O2/c1-10(13(18)15-4-5-19-3)16-8-11-6-12(7-14)17(2)9-11/h6,9-10,16H,4-5,8H2,1-3H3,(H,15,18). The number of hydrogen-bond acceptors (Lipinski definition) is 4. The largest absolute Gasteiger partial charge is 0.383 e. The molecular formula is C13H20N4O2. The Balaban J connectivity index is 2.38. The Morgan fingerprint density at radius 3 is 2.95 bits per heavy atom. The molecule has 6 nitrogen and oxygen atoms in total. The minimum Gasteiger partial charge on any atom is -0.383 e. The van der Waals surface area contributed by atoms with Crippen molar-refractivity contribution in [1.29, 1.82) is 5.26 Å². The van der Waals surface area contributed by atoms with Crippen LogP contribution in [-0.2, 0) is 23.1 Å². The highest BCUT2D eigenvalue weighted by Gasteiger charge is 2.12. The maximum Gasteiger partial charge on any atom is 0.236 e. The van der Waals surface area contributed by atoms with Gasteiger partial charge in [0.05, 0.1) is 12.6 Å². The highest BCUT2D eigenvalue weighted by atomic mass is 16.5. The molecule has 0 aliphatic carbocycles. The molecule has 0 bridgehead atoms. The van der Waals surface area contributed by atoms with Crippen LogP contribution >= 0.6 is 0 Å². The van der Waals surface area contributed by atoms with Gasteiger partial charge in [-0.15, -0.1) is 0 Å². The Labute approximate surface area is 113 Å². The maximum atomic E-state index is 11.7. The van der Waals surface area contributed by atoms with Crippen LogP contribution in [0.5, 0.6) is 0 Å². The van der Waals surface area contributed by atoms with Gasteiger partial charge < -0.3 is 19.9 Å². The molecule has 1 atom stereocenters. The highest BCUT2D eigenvalue weighted by molar-refractivity contribution is 5.81. The topological polar surface area (TPSA) is 79.1 Å². The van der Waals surface area contributed by atoms with Gasteiger partial charge in [0.15, 0.2) is 0 Å². The predicted molar refractivity (Wildman–Crippen MR) is 71.3 cm³/mol. The Morgan fingerprint density at radius 1 is 1.63 bits per heavy atom. The summed E-state index contributed by atoms with van der Waals surface area (Å²) in [5.74, 6) is -0.0616. The summed E-state index contributed by atoms with van der Waals surface area (Å²) in [6.07, 6.45) is 1.88. The van der Waals surface area contributed by atoms with Gasteiger partial charge in [0.25, 0.3) is 0 Å². The Morgan fingerprint density at radius 2 is 2.37 bits per heavy atom. The number of aryl methyl sites for hydroxylation is 1. The molecule has 1 heterocycles. The highest BCUT2D eigenvalue weighted by Crippen LogP contribution is 2.05. The first-order valence-corrected chi connectivity index (χ1v) is 6.14. The van der Waals surface area contributed by atoms with Crippen molar-refractivity contribution in [3.05, 3.63) is 23.5 Å². The molecule has 0 saturated heterocycles. The smallest absolute Gasteiger partial charge is 0.236 e. The lowest BCUT2D eigenvalue weighted by atomic mass is 10.2. The number of amides is 1. The van der Waals surface area contributed by atoms with Gasteiger partial charge in [0.1, 0.15) is 11.8 Å². The summed E-state index contributed by atoms with van der Waals surface area (Å²) < 4.78 is 6.63. The van der Waals surface area contributed by atoms with Crippen LogP contribution in [0.4, 0.5) is 0 Å². The zero-order valence-electron chi connectivity index (χ0n) is 11.6. The van der Waals surface area contributed by atoms with E-state index in [1.807, 2.05) is 19.3 Å². The van der Waals surface area contributed by atoms with E-state index in [0.29, 0.717) is 25.4 Å². The molecule has 0 aliphatic heterocycles. The molecule has 19 heavy (non-hydrogen) atoms. The maximum absolute atomic E-state index is 11.7. The summed E-state index contributed by atoms with van der Waals surface area (Å²) in [7, 11) is 3.42. The third kappa shape index (κ3) is 4.73. The van der Waals surface area contributed by atoms with E-state index in [9.17, 15) is 4.79 Å². The van der Waals surface area contributed by atoms with Crippen molar-refractivity contribution in [2.75, 3.05) is 20.3 Å². The number of methoxy groups -OCH3 is 1. The van der Waals surface area contributed by atoms with Crippen LogP contribution in [0.15, 0.2) is 12.3 Å². The van der Waals surface area contributed by atoms with Gasteiger partial charge in [-0.05, 0) is 18.6 Å². The van der Waals surface area contributed by atoms with Crippen LogP contribution in [-0.4, -0.2) is 36.8 Å². The fraction of sp³-hybridized carbons (Fsp3) is 0.538. The molecule has 1 aromatic rings. The zero-order valence-corrected chi connectivity index (χ0v) is 11.6. The fourth-order valence-electron chi connectivity index (χ4n) is 1.63. The lowest BCUT2D eigenvalue weighted by Crippen LogP contribution is -2.42. The minimum atomic E-state index is -0.289. The molecule has 0 spiro atoms.